The number of carbonyl (C=O) groups excluding carboxylic acids is 1. The van der Waals surface area contributed by atoms with Crippen LogP contribution in [0.15, 0.2) is 133 Å². The number of ether oxygens (including phenoxy) is 1. The van der Waals surface area contributed by atoms with E-state index in [1.54, 1.807) is 0 Å². The van der Waals surface area contributed by atoms with Crippen LogP contribution in [0.5, 0.6) is 0 Å². The van der Waals surface area contributed by atoms with Crippen molar-refractivity contribution in [1.29, 1.82) is 0 Å². The summed E-state index contributed by atoms with van der Waals surface area (Å²) in [5, 5.41) is 0. The van der Waals surface area contributed by atoms with Gasteiger partial charge in [0.1, 0.15) is 0 Å². The van der Waals surface area contributed by atoms with Crippen molar-refractivity contribution >= 4 is 34.2 Å². The van der Waals surface area contributed by atoms with E-state index in [0.717, 1.165) is 56.0 Å². The van der Waals surface area contributed by atoms with Crippen LogP contribution in [0.3, 0.4) is 0 Å². The molecule has 0 aromatic heterocycles. The minimum Gasteiger partial charge on any atom is -0.442 e. The fourth-order valence-corrected chi connectivity index (χ4v) is 6.17. The highest BCUT2D eigenvalue weighted by Crippen LogP contribution is 2.45. The molecule has 6 rings (SSSR count). The van der Waals surface area contributed by atoms with Gasteiger partial charge >= 0.3 is 5.97 Å². The minimum absolute atomic E-state index is 0.338. The van der Waals surface area contributed by atoms with Gasteiger partial charge in [0.2, 0.25) is 0 Å². The third-order valence-corrected chi connectivity index (χ3v) is 8.99. The Balaban J connectivity index is 1.65. The molecule has 0 amide bonds. The maximum atomic E-state index is 13.7. The topological polar surface area (TPSA) is 36.0 Å². The van der Waals surface area contributed by atoms with Gasteiger partial charge in [0.05, 0.1) is 5.56 Å². The lowest BCUT2D eigenvalue weighted by molar-refractivity contribution is 0.0299. The molecule has 1 aliphatic heterocycles. The molecule has 0 radical (unpaired) electrons. The van der Waals surface area contributed by atoms with Crippen LogP contribution in [0.1, 0.15) is 43.7 Å². The van der Waals surface area contributed by atoms with Gasteiger partial charge in [-0.1, -0.05) is 84.4 Å². The number of anilines is 3. The molecule has 1 atom stereocenters. The fraction of sp³-hybridized carbons (Fsp3) is 0.186. The molecule has 242 valence electrons. The third kappa shape index (κ3) is 6.50. The lowest BCUT2D eigenvalue weighted by atomic mass is 9.83. The summed E-state index contributed by atoms with van der Waals surface area (Å²) in [4.78, 5) is 20.0. The van der Waals surface area contributed by atoms with Crippen molar-refractivity contribution in [2.45, 2.75) is 12.5 Å². The fourth-order valence-electron chi connectivity index (χ4n) is 6.17. The summed E-state index contributed by atoms with van der Waals surface area (Å²) in [6.07, 6.45) is 4.27. The molecule has 0 N–H and O–H groups in total. The molecule has 0 saturated heterocycles. The lowest BCUT2D eigenvalue weighted by Gasteiger charge is -2.27. The average molecular weight is 634 g/mol. The molecule has 0 spiro atoms. The number of benzene rings is 5. The Morgan fingerprint density at radius 3 is 1.25 bits per heavy atom. The number of aryl methyl sites for hydroxylation is 1. The molecule has 1 aliphatic rings. The van der Waals surface area contributed by atoms with Crippen LogP contribution >= 0.6 is 0 Å². The van der Waals surface area contributed by atoms with Gasteiger partial charge in [-0.05, 0) is 94.9 Å². The molecule has 1 heterocycles. The van der Waals surface area contributed by atoms with E-state index in [1.165, 1.54) is 5.56 Å². The predicted molar refractivity (Wildman–Crippen MR) is 201 cm³/mol. The Labute approximate surface area is 285 Å². The molecule has 0 saturated carbocycles. The summed E-state index contributed by atoms with van der Waals surface area (Å²) in [5.74, 6) is -0.338. The van der Waals surface area contributed by atoms with Gasteiger partial charge in [-0.2, -0.15) is 0 Å². The molecular weight excluding hydrogens is 590 g/mol. The highest BCUT2D eigenvalue weighted by molar-refractivity contribution is 5.97. The number of nitrogens with zero attached hydrogens (tertiary/aromatic N) is 3. The number of hydrogen-bond acceptors (Lipinski definition) is 5. The molecule has 0 aliphatic carbocycles. The average Bonchev–Trinajstić information content (AvgIpc) is 3.37. The Kier molecular flexibility index (Phi) is 8.97. The highest BCUT2D eigenvalue weighted by atomic mass is 16.6. The van der Waals surface area contributed by atoms with E-state index in [-0.39, 0.29) is 5.97 Å². The van der Waals surface area contributed by atoms with Gasteiger partial charge in [0.15, 0.2) is 5.60 Å². The van der Waals surface area contributed by atoms with E-state index in [1.807, 2.05) is 66.6 Å². The number of rotatable bonds is 9. The standard InChI is InChI=1S/C43H43N3O2/c1-30-12-14-31(15-13-30)39(32-16-22-35(23-17-32)44(2)3)28-43(41-11-9-8-10-38(41)42(47)48-43)29-40(33-18-24-36(25-19-33)45(4)5)34-20-26-37(27-21-34)46(6)7/h8-29H,1-7H3/b39-28+. The Morgan fingerprint density at radius 2 is 0.875 bits per heavy atom. The highest BCUT2D eigenvalue weighted by Gasteiger charge is 2.43. The van der Waals surface area contributed by atoms with Crippen molar-refractivity contribution in [3.05, 3.63) is 172 Å². The Hall–Kier alpha value is -5.55. The maximum absolute atomic E-state index is 13.7. The maximum Gasteiger partial charge on any atom is 0.340 e. The van der Waals surface area contributed by atoms with Gasteiger partial charge in [-0.15, -0.1) is 0 Å². The molecule has 48 heavy (non-hydrogen) atoms. The second-order valence-electron chi connectivity index (χ2n) is 13.0. The summed E-state index contributed by atoms with van der Waals surface area (Å²) in [6.45, 7) is 2.09. The van der Waals surface area contributed by atoms with Gasteiger partial charge in [-0.25, -0.2) is 4.79 Å². The first-order chi connectivity index (χ1) is 23.0. The first kappa shape index (κ1) is 32.4. The SMILES string of the molecule is Cc1ccc(/C(=C\C2(C=C(c3ccc(N(C)C)cc3)c3ccc(N(C)C)cc3)OC(=O)c3ccccc32)c2ccc(N(C)C)cc2)cc1. The van der Waals surface area contributed by atoms with E-state index in [9.17, 15) is 4.79 Å². The number of hydrogen-bond donors (Lipinski definition) is 0. The summed E-state index contributed by atoms with van der Waals surface area (Å²) in [6, 6.07) is 41.9. The predicted octanol–water partition coefficient (Wildman–Crippen LogP) is 8.82. The minimum atomic E-state index is -1.19. The molecule has 5 aromatic rings. The number of fused-ring (bicyclic) bond motifs is 1. The molecule has 5 nitrogen and oxygen atoms in total. The van der Waals surface area contributed by atoms with Crippen LogP contribution in [0.4, 0.5) is 17.1 Å². The van der Waals surface area contributed by atoms with Crippen LogP contribution in [-0.2, 0) is 10.3 Å². The monoisotopic (exact) mass is 633 g/mol. The first-order valence-corrected chi connectivity index (χ1v) is 16.2. The van der Waals surface area contributed by atoms with E-state index >= 15 is 0 Å². The van der Waals surface area contributed by atoms with Crippen molar-refractivity contribution in [2.24, 2.45) is 0 Å². The van der Waals surface area contributed by atoms with E-state index in [2.05, 4.69) is 131 Å². The zero-order chi connectivity index (χ0) is 34.0. The van der Waals surface area contributed by atoms with Crippen LogP contribution in [0.2, 0.25) is 0 Å². The van der Waals surface area contributed by atoms with Crippen LogP contribution in [0, 0.1) is 6.92 Å². The molecule has 5 heteroatoms. The van der Waals surface area contributed by atoms with E-state index in [4.69, 9.17) is 4.74 Å². The smallest absolute Gasteiger partial charge is 0.340 e. The number of cyclic esters (lactones) is 1. The first-order valence-electron chi connectivity index (χ1n) is 16.2. The van der Waals surface area contributed by atoms with Gasteiger partial charge < -0.3 is 19.4 Å². The van der Waals surface area contributed by atoms with Crippen LogP contribution in [-0.4, -0.2) is 48.3 Å². The molecule has 1 unspecified atom stereocenters. The summed E-state index contributed by atoms with van der Waals surface area (Å²) < 4.78 is 6.56. The quantitative estimate of drug-likeness (QED) is 0.152. The third-order valence-electron chi connectivity index (χ3n) is 8.99. The van der Waals surface area contributed by atoms with Crippen LogP contribution in [0.25, 0.3) is 11.1 Å². The van der Waals surface area contributed by atoms with Crippen LogP contribution < -0.4 is 14.7 Å². The van der Waals surface area contributed by atoms with Crippen molar-refractivity contribution in [1.82, 2.24) is 0 Å². The van der Waals surface area contributed by atoms with E-state index in [0.29, 0.717) is 5.56 Å². The summed E-state index contributed by atoms with van der Waals surface area (Å²) in [5.41, 5.74) is 10.8. The summed E-state index contributed by atoms with van der Waals surface area (Å²) in [7, 11) is 12.2. The summed E-state index contributed by atoms with van der Waals surface area (Å²) >= 11 is 0. The van der Waals surface area contributed by atoms with Gasteiger partial charge in [-0.3, -0.25) is 0 Å². The van der Waals surface area contributed by atoms with E-state index < -0.39 is 5.60 Å². The Bertz CT molecular complexity index is 1920. The molecule has 5 aromatic carbocycles. The van der Waals surface area contributed by atoms with Crippen molar-refractivity contribution in [3.63, 3.8) is 0 Å². The second-order valence-corrected chi connectivity index (χ2v) is 13.0. The Morgan fingerprint density at radius 1 is 0.521 bits per heavy atom. The van der Waals surface area contributed by atoms with Gasteiger partial charge in [0, 0.05) is 64.9 Å². The number of carbonyl (C=O) groups is 1. The molecule has 0 fully saturated rings. The second kappa shape index (κ2) is 13.3. The van der Waals surface area contributed by atoms with Crippen molar-refractivity contribution < 1.29 is 9.53 Å². The lowest BCUT2D eigenvalue weighted by Crippen LogP contribution is -2.22. The normalized spacial score (nSPS) is 15.4. The van der Waals surface area contributed by atoms with Gasteiger partial charge in [0.25, 0.3) is 0 Å². The zero-order valence-electron chi connectivity index (χ0n) is 28.9. The molecular formula is C43H43N3O2. The zero-order valence-corrected chi connectivity index (χ0v) is 28.9. The largest absolute Gasteiger partial charge is 0.442 e. The number of esters is 1. The molecule has 0 bridgehead atoms. The van der Waals surface area contributed by atoms with Crippen molar-refractivity contribution in [3.8, 4) is 0 Å². The van der Waals surface area contributed by atoms with Crippen molar-refractivity contribution in [2.75, 3.05) is 57.0 Å².